The molecule has 6 nitrogen and oxygen atoms in total. The van der Waals surface area contributed by atoms with Crippen LogP contribution in [0.2, 0.25) is 0 Å². The fourth-order valence-electron chi connectivity index (χ4n) is 2.26. The number of halogens is 1. The molecule has 26 heavy (non-hydrogen) atoms. The summed E-state index contributed by atoms with van der Waals surface area (Å²) in [5.41, 5.74) is 1.13. The van der Waals surface area contributed by atoms with Crippen LogP contribution in [0.15, 0.2) is 54.9 Å². The van der Waals surface area contributed by atoms with Crippen LogP contribution in [0.5, 0.6) is 5.75 Å². The number of ether oxygens (including phenoxy) is 1. The third kappa shape index (κ3) is 3.65. The summed E-state index contributed by atoms with van der Waals surface area (Å²) in [6.07, 6.45) is 2.48. The highest BCUT2D eigenvalue weighted by molar-refractivity contribution is 5.86. The molecule has 3 rings (SSSR count). The highest BCUT2D eigenvalue weighted by Gasteiger charge is 2.09. The highest BCUT2D eigenvalue weighted by Crippen LogP contribution is 2.21. The molecule has 0 saturated carbocycles. The van der Waals surface area contributed by atoms with Crippen LogP contribution < -0.4 is 4.74 Å². The van der Waals surface area contributed by atoms with Crippen molar-refractivity contribution >= 4 is 5.97 Å². The molecule has 0 unspecified atom stereocenters. The van der Waals surface area contributed by atoms with Crippen LogP contribution in [0, 0.1) is 17.1 Å². The Bertz CT molecular complexity index is 980. The number of rotatable bonds is 5. The van der Waals surface area contributed by atoms with Crippen molar-refractivity contribution in [3.63, 3.8) is 0 Å². The fourth-order valence-corrected chi connectivity index (χ4v) is 2.26. The van der Waals surface area contributed by atoms with Gasteiger partial charge in [-0.25, -0.2) is 19.2 Å². The molecule has 3 aromatic rings. The predicted molar refractivity (Wildman–Crippen MR) is 89.9 cm³/mol. The van der Waals surface area contributed by atoms with E-state index in [1.807, 2.05) is 6.07 Å². The van der Waals surface area contributed by atoms with E-state index < -0.39 is 11.8 Å². The van der Waals surface area contributed by atoms with Crippen LogP contribution >= 0.6 is 0 Å². The van der Waals surface area contributed by atoms with E-state index >= 15 is 0 Å². The van der Waals surface area contributed by atoms with Gasteiger partial charge < -0.3 is 9.84 Å². The monoisotopic (exact) mass is 349 g/mol. The van der Waals surface area contributed by atoms with Gasteiger partial charge in [0.05, 0.1) is 11.1 Å². The summed E-state index contributed by atoms with van der Waals surface area (Å²) in [4.78, 5) is 18.8. The number of nitriles is 1. The van der Waals surface area contributed by atoms with E-state index in [4.69, 9.17) is 15.1 Å². The molecule has 0 aliphatic carbocycles. The number of carbonyl (C=O) groups is 1. The van der Waals surface area contributed by atoms with Gasteiger partial charge >= 0.3 is 5.97 Å². The van der Waals surface area contributed by atoms with Gasteiger partial charge in [-0.1, -0.05) is 12.1 Å². The first-order chi connectivity index (χ1) is 12.6. The first-order valence-corrected chi connectivity index (χ1v) is 7.54. The normalized spacial score (nSPS) is 10.2. The molecule has 0 aliphatic heterocycles. The minimum absolute atomic E-state index is 0.0112. The number of carboxylic acids is 1. The van der Waals surface area contributed by atoms with Crippen molar-refractivity contribution in [2.24, 2.45) is 0 Å². The van der Waals surface area contributed by atoms with Gasteiger partial charge in [-0.05, 0) is 30.3 Å². The summed E-state index contributed by atoms with van der Waals surface area (Å²) in [5, 5.41) is 17.9. The van der Waals surface area contributed by atoms with Crippen molar-refractivity contribution in [1.82, 2.24) is 9.97 Å². The predicted octanol–water partition coefficient (Wildman–Crippen LogP) is 3.43. The van der Waals surface area contributed by atoms with Crippen molar-refractivity contribution in [2.75, 3.05) is 0 Å². The number of aromatic nitrogens is 2. The first-order valence-electron chi connectivity index (χ1n) is 7.54. The molecule has 0 aliphatic rings. The Morgan fingerprint density at radius 2 is 1.85 bits per heavy atom. The molecule has 1 N–H and O–H groups in total. The minimum atomic E-state index is -1.09. The quantitative estimate of drug-likeness (QED) is 0.758. The van der Waals surface area contributed by atoms with E-state index in [-0.39, 0.29) is 17.7 Å². The molecule has 0 spiro atoms. The smallest absolute Gasteiger partial charge is 0.338 e. The molecule has 0 radical (unpaired) electrons. The van der Waals surface area contributed by atoms with Crippen LogP contribution in [0.4, 0.5) is 4.39 Å². The van der Waals surface area contributed by atoms with Crippen LogP contribution in [-0.2, 0) is 6.61 Å². The lowest BCUT2D eigenvalue weighted by Crippen LogP contribution is -2.01. The summed E-state index contributed by atoms with van der Waals surface area (Å²) >= 11 is 0. The van der Waals surface area contributed by atoms with Gasteiger partial charge in [-0.15, -0.1) is 0 Å². The average molecular weight is 349 g/mol. The van der Waals surface area contributed by atoms with E-state index in [1.54, 1.807) is 30.3 Å². The van der Waals surface area contributed by atoms with Gasteiger partial charge in [-0.2, -0.15) is 5.26 Å². The molecule has 0 bridgehead atoms. The number of aromatic carboxylic acids is 1. The fraction of sp³-hybridized carbons (Fsp3) is 0.0526. The van der Waals surface area contributed by atoms with Crippen LogP contribution in [0.25, 0.3) is 11.4 Å². The first kappa shape index (κ1) is 17.0. The lowest BCUT2D eigenvalue weighted by Gasteiger charge is -2.09. The molecular formula is C19H12FN3O3. The zero-order chi connectivity index (χ0) is 18.5. The number of benzene rings is 2. The van der Waals surface area contributed by atoms with Crippen molar-refractivity contribution in [2.45, 2.75) is 6.61 Å². The van der Waals surface area contributed by atoms with Gasteiger partial charge in [-0.3, -0.25) is 0 Å². The molecule has 2 aromatic carbocycles. The maximum absolute atomic E-state index is 13.6. The highest BCUT2D eigenvalue weighted by atomic mass is 19.1. The van der Waals surface area contributed by atoms with Crippen LogP contribution in [0.3, 0.4) is 0 Å². The molecule has 0 amide bonds. The maximum Gasteiger partial charge on any atom is 0.338 e. The minimum Gasteiger partial charge on any atom is -0.489 e. The van der Waals surface area contributed by atoms with Crippen LogP contribution in [0.1, 0.15) is 21.5 Å². The lowest BCUT2D eigenvalue weighted by molar-refractivity contribution is 0.0696. The Hall–Kier alpha value is -3.79. The van der Waals surface area contributed by atoms with E-state index in [0.717, 1.165) is 0 Å². The Labute approximate surface area is 148 Å². The van der Waals surface area contributed by atoms with Crippen molar-refractivity contribution in [3.05, 3.63) is 77.4 Å². The van der Waals surface area contributed by atoms with E-state index in [1.165, 1.54) is 24.5 Å². The second kappa shape index (κ2) is 7.40. The second-order valence-corrected chi connectivity index (χ2v) is 5.30. The zero-order valence-corrected chi connectivity index (χ0v) is 13.4. The summed E-state index contributed by atoms with van der Waals surface area (Å²) in [6.45, 7) is 0.0593. The Morgan fingerprint density at radius 3 is 2.46 bits per heavy atom. The summed E-state index contributed by atoms with van der Waals surface area (Å²) < 4.78 is 19.2. The lowest BCUT2D eigenvalue weighted by atomic mass is 10.1. The molecule has 1 aromatic heterocycles. The van der Waals surface area contributed by atoms with Crippen molar-refractivity contribution in [3.8, 4) is 23.2 Å². The number of carboxylic acid groups (broad SMARTS) is 1. The van der Waals surface area contributed by atoms with Gasteiger partial charge in [0.25, 0.3) is 0 Å². The molecule has 0 fully saturated rings. The summed E-state index contributed by atoms with van der Waals surface area (Å²) in [5.74, 6) is -0.747. The number of nitrogens with zero attached hydrogens (tertiary/aromatic N) is 3. The summed E-state index contributed by atoms with van der Waals surface area (Å²) in [7, 11) is 0. The average Bonchev–Trinajstić information content (AvgIpc) is 2.67. The molecule has 128 valence electrons. The number of hydrogen-bond donors (Lipinski definition) is 1. The van der Waals surface area contributed by atoms with Gasteiger partial charge in [0.2, 0.25) is 0 Å². The topological polar surface area (TPSA) is 96.1 Å². The van der Waals surface area contributed by atoms with Gasteiger partial charge in [0.1, 0.15) is 24.2 Å². The maximum atomic E-state index is 13.6. The summed E-state index contributed by atoms with van der Waals surface area (Å²) in [6, 6.07) is 13.0. The Morgan fingerprint density at radius 1 is 1.15 bits per heavy atom. The van der Waals surface area contributed by atoms with Crippen molar-refractivity contribution < 1.29 is 19.0 Å². The zero-order valence-electron chi connectivity index (χ0n) is 13.4. The van der Waals surface area contributed by atoms with Gasteiger partial charge in [0, 0.05) is 23.5 Å². The van der Waals surface area contributed by atoms with E-state index in [2.05, 4.69) is 9.97 Å². The van der Waals surface area contributed by atoms with E-state index in [0.29, 0.717) is 22.7 Å². The molecule has 0 atom stereocenters. The standard InChI is InChI=1S/C19H12FN3O3/c20-17-3-1-2-13(16(17)8-21)11-26-15-6-4-12(5-7-15)18-22-9-14(10-23-18)19(24)25/h1-7,9-10H,11H2,(H,24,25). The second-order valence-electron chi connectivity index (χ2n) is 5.30. The molecule has 1 heterocycles. The third-order valence-corrected chi connectivity index (χ3v) is 3.62. The third-order valence-electron chi connectivity index (χ3n) is 3.62. The molecule has 0 saturated heterocycles. The van der Waals surface area contributed by atoms with Crippen molar-refractivity contribution in [1.29, 1.82) is 5.26 Å². The SMILES string of the molecule is N#Cc1c(F)cccc1COc1ccc(-c2ncc(C(=O)O)cn2)cc1. The molecule has 7 heteroatoms. The van der Waals surface area contributed by atoms with E-state index in [9.17, 15) is 9.18 Å². The largest absolute Gasteiger partial charge is 0.489 e. The number of hydrogen-bond acceptors (Lipinski definition) is 5. The van der Waals surface area contributed by atoms with Gasteiger partial charge in [0.15, 0.2) is 5.82 Å². The van der Waals surface area contributed by atoms with Crippen LogP contribution in [-0.4, -0.2) is 21.0 Å². The Kier molecular flexibility index (Phi) is 4.85. The Balaban J connectivity index is 1.71. The molecular weight excluding hydrogens is 337 g/mol.